The second kappa shape index (κ2) is 17.6. The molecule has 0 spiro atoms. The number of aliphatic carboxylic acids is 1. The van der Waals surface area contributed by atoms with E-state index in [0.29, 0.717) is 109 Å². The van der Waals surface area contributed by atoms with Gasteiger partial charge < -0.3 is 39.3 Å². The number of nitrogens with zero attached hydrogens (tertiary/aromatic N) is 7. The summed E-state index contributed by atoms with van der Waals surface area (Å²) in [6.45, 7) is 10.2. The number of carboxylic acids is 1. The largest absolute Gasteiger partial charge is 0.477 e. The van der Waals surface area contributed by atoms with Crippen LogP contribution in [0.1, 0.15) is 45.1 Å². The highest BCUT2D eigenvalue weighted by molar-refractivity contribution is 6.34. The number of nitrogens with one attached hydrogen (secondary N) is 2. The third kappa shape index (κ3) is 8.76. The number of carbonyl (C=O) groups is 4. The molecule has 3 aliphatic rings. The zero-order valence-electron chi connectivity index (χ0n) is 34.0. The molecule has 0 atom stereocenters. The van der Waals surface area contributed by atoms with Gasteiger partial charge in [-0.3, -0.25) is 19.1 Å². The molecule has 3 fully saturated rings. The maximum absolute atomic E-state index is 15.9. The summed E-state index contributed by atoms with van der Waals surface area (Å²) in [5.41, 5.74) is 4.14. The number of carboxylic acid groups (broad SMARTS) is 1. The highest BCUT2D eigenvalue weighted by Gasteiger charge is 2.42. The monoisotopic (exact) mass is 832 g/mol. The first-order valence-corrected chi connectivity index (χ1v) is 20.5. The predicted octanol–water partition coefficient (Wildman–Crippen LogP) is 4.07. The van der Waals surface area contributed by atoms with Gasteiger partial charge in [0, 0.05) is 106 Å². The molecule has 0 radical (unpaired) electrons. The Morgan fingerprint density at radius 2 is 1.69 bits per heavy atom. The second-order valence-electron chi connectivity index (χ2n) is 16.1. The van der Waals surface area contributed by atoms with E-state index in [1.165, 1.54) is 12.3 Å². The molecule has 2 aromatic carbocycles. The quantitative estimate of drug-likeness (QED) is 0.169. The summed E-state index contributed by atoms with van der Waals surface area (Å²) in [6.07, 6.45) is 4.49. The fourth-order valence-electron chi connectivity index (χ4n) is 8.75. The van der Waals surface area contributed by atoms with Crippen molar-refractivity contribution in [3.05, 3.63) is 76.2 Å². The van der Waals surface area contributed by atoms with Crippen molar-refractivity contribution in [1.82, 2.24) is 34.4 Å². The van der Waals surface area contributed by atoms with E-state index in [1.807, 2.05) is 17.9 Å². The number of hydrogen-bond acceptors (Lipinski definition) is 8. The predicted molar refractivity (Wildman–Crippen MR) is 220 cm³/mol. The molecule has 3 saturated heterocycles. The van der Waals surface area contributed by atoms with Gasteiger partial charge in [0.2, 0.25) is 5.91 Å². The van der Waals surface area contributed by atoms with Crippen LogP contribution in [0, 0.1) is 31.5 Å². The Kier molecular flexibility index (Phi) is 12.5. The van der Waals surface area contributed by atoms with E-state index in [-0.39, 0.29) is 46.5 Å². The summed E-state index contributed by atoms with van der Waals surface area (Å²) in [5.74, 6) is -1.47. The SMILES string of the molecule is COCCn1ncc(-c2ccc(-c3cnc(C(=O)Nc4ccc(C(=O)N5CCN(C(=O)[C@H]6CC[N@+](CC(=O)O)(CC7CNC7)CC6)CC5)c(Cl)c4)n3C)c(C)c2F)c1C. The highest BCUT2D eigenvalue weighted by atomic mass is 35.5. The molecule has 314 valence electrons. The van der Waals surface area contributed by atoms with Crippen molar-refractivity contribution in [2.45, 2.75) is 33.2 Å². The number of rotatable bonds is 13. The van der Waals surface area contributed by atoms with Crippen molar-refractivity contribution in [2.75, 3.05) is 84.5 Å². The van der Waals surface area contributed by atoms with Gasteiger partial charge in [-0.15, -0.1) is 0 Å². The van der Waals surface area contributed by atoms with E-state index >= 15 is 4.39 Å². The molecule has 59 heavy (non-hydrogen) atoms. The molecule has 15 nitrogen and oxygen atoms in total. The van der Waals surface area contributed by atoms with Crippen LogP contribution in [0.3, 0.4) is 0 Å². The van der Waals surface area contributed by atoms with Crippen LogP contribution in [0.25, 0.3) is 22.4 Å². The Balaban J connectivity index is 0.939. The van der Waals surface area contributed by atoms with Gasteiger partial charge in [-0.1, -0.05) is 23.7 Å². The molecule has 3 N–H and O–H groups in total. The maximum atomic E-state index is 15.9. The first kappa shape index (κ1) is 42.0. The Hall–Kier alpha value is -5.16. The van der Waals surface area contributed by atoms with Gasteiger partial charge in [0.1, 0.15) is 5.82 Å². The lowest BCUT2D eigenvalue weighted by Crippen LogP contribution is -2.62. The molecule has 7 rings (SSSR count). The normalized spacial score (nSPS) is 19.7. The van der Waals surface area contributed by atoms with Crippen LogP contribution in [0.5, 0.6) is 0 Å². The fourth-order valence-corrected chi connectivity index (χ4v) is 9.01. The van der Waals surface area contributed by atoms with Crippen LogP contribution in [-0.2, 0) is 27.9 Å². The third-order valence-electron chi connectivity index (χ3n) is 12.3. The van der Waals surface area contributed by atoms with E-state index in [9.17, 15) is 24.3 Å². The first-order chi connectivity index (χ1) is 28.3. The number of piperidine rings is 1. The van der Waals surface area contributed by atoms with Crippen molar-refractivity contribution in [1.29, 1.82) is 0 Å². The van der Waals surface area contributed by atoms with E-state index < -0.39 is 11.9 Å². The van der Waals surface area contributed by atoms with Crippen LogP contribution in [0.15, 0.2) is 42.7 Å². The minimum absolute atomic E-state index is 0.0715. The van der Waals surface area contributed by atoms with E-state index in [4.69, 9.17) is 16.3 Å². The van der Waals surface area contributed by atoms with Gasteiger partial charge in [0.15, 0.2) is 12.4 Å². The van der Waals surface area contributed by atoms with Gasteiger partial charge in [-0.25, -0.2) is 14.2 Å². The van der Waals surface area contributed by atoms with E-state index in [1.54, 1.807) is 59.6 Å². The van der Waals surface area contributed by atoms with Crippen LogP contribution >= 0.6 is 11.6 Å². The molecule has 17 heteroatoms. The van der Waals surface area contributed by atoms with E-state index in [2.05, 4.69) is 20.7 Å². The van der Waals surface area contributed by atoms with E-state index in [0.717, 1.165) is 25.3 Å². The van der Waals surface area contributed by atoms with Crippen molar-refractivity contribution in [3.8, 4) is 22.4 Å². The molecule has 3 amide bonds. The molecule has 3 aliphatic heterocycles. The molecule has 0 unspecified atom stereocenters. The van der Waals surface area contributed by atoms with Crippen molar-refractivity contribution >= 4 is 41.0 Å². The molecular weight excluding hydrogens is 781 g/mol. The third-order valence-corrected chi connectivity index (χ3v) is 12.6. The number of carbonyl (C=O) groups excluding carboxylic acids is 3. The van der Waals surface area contributed by atoms with Crippen molar-refractivity contribution < 1.29 is 37.9 Å². The number of imidazole rings is 1. The lowest BCUT2D eigenvalue weighted by molar-refractivity contribution is -0.929. The van der Waals surface area contributed by atoms with Crippen LogP contribution in [-0.4, -0.2) is 142 Å². The maximum Gasteiger partial charge on any atom is 0.359 e. The molecular formula is C42H52ClFN9O6+. The number of aromatic nitrogens is 4. The Bertz CT molecular complexity index is 2240. The Morgan fingerprint density at radius 3 is 2.34 bits per heavy atom. The molecule has 0 saturated carbocycles. The van der Waals surface area contributed by atoms with Gasteiger partial charge in [-0.2, -0.15) is 5.10 Å². The summed E-state index contributed by atoms with van der Waals surface area (Å²) < 4.78 is 24.9. The number of ether oxygens (including phenoxy) is 1. The molecule has 5 heterocycles. The summed E-state index contributed by atoms with van der Waals surface area (Å²) in [7, 11) is 3.30. The number of anilines is 1. The van der Waals surface area contributed by atoms with Crippen LogP contribution in [0.2, 0.25) is 5.02 Å². The molecule has 2 aromatic heterocycles. The summed E-state index contributed by atoms with van der Waals surface area (Å²) in [4.78, 5) is 60.1. The summed E-state index contributed by atoms with van der Waals surface area (Å²) in [5, 5.41) is 20.2. The molecule has 0 bridgehead atoms. The first-order valence-electron chi connectivity index (χ1n) is 20.1. The minimum Gasteiger partial charge on any atom is -0.477 e. The average Bonchev–Trinajstić information content (AvgIpc) is 3.77. The Morgan fingerprint density at radius 1 is 1.00 bits per heavy atom. The minimum atomic E-state index is -0.801. The number of piperazine rings is 1. The Labute approximate surface area is 347 Å². The van der Waals surface area contributed by atoms with Gasteiger partial charge in [0.05, 0.1) is 61.5 Å². The fraction of sp³-hybridized carbons (Fsp3) is 0.476. The van der Waals surface area contributed by atoms with Gasteiger partial charge in [-0.05, 0) is 37.6 Å². The lowest BCUT2D eigenvalue weighted by Gasteiger charge is -2.46. The number of hydrogen-bond donors (Lipinski definition) is 3. The van der Waals surface area contributed by atoms with Crippen LogP contribution in [0.4, 0.5) is 10.1 Å². The zero-order chi connectivity index (χ0) is 42.0. The number of likely N-dealkylation sites (tertiary alicyclic amines) is 1. The highest BCUT2D eigenvalue weighted by Crippen LogP contribution is 2.34. The summed E-state index contributed by atoms with van der Waals surface area (Å²) >= 11 is 6.62. The van der Waals surface area contributed by atoms with Gasteiger partial charge in [0.25, 0.3) is 11.8 Å². The second-order valence-corrected chi connectivity index (χ2v) is 16.5. The van der Waals surface area contributed by atoms with Crippen molar-refractivity contribution in [3.63, 3.8) is 0 Å². The number of benzene rings is 2. The average molecular weight is 833 g/mol. The standard InChI is InChI=1S/C42H51ClFN9O6/c1-26-31(7-8-32(38(26)44)34-22-47-52(27(34)2)15-18-59-4)36-23-46-39(49(36)3)40(56)48-30-5-6-33(35(43)19-30)42(58)51-13-11-50(12-14-51)41(57)29-9-16-53(17-10-29,25-37(54)55)24-28-20-45-21-28/h5-8,19,22-23,28-29,45H,9-18,20-21,24-25H2,1-4H3,(H-,48,54,55,56,58)/p+1/t29-,53+. The molecule has 4 aromatic rings. The molecule has 0 aliphatic carbocycles. The number of halogens is 2. The van der Waals surface area contributed by atoms with Crippen molar-refractivity contribution in [2.24, 2.45) is 18.9 Å². The number of amides is 3. The topological polar surface area (TPSA) is 164 Å². The zero-order valence-corrected chi connectivity index (χ0v) is 34.7. The van der Waals surface area contributed by atoms with Crippen LogP contribution < -0.4 is 10.6 Å². The van der Waals surface area contributed by atoms with Gasteiger partial charge >= 0.3 is 5.97 Å². The smallest absolute Gasteiger partial charge is 0.359 e. The summed E-state index contributed by atoms with van der Waals surface area (Å²) in [6, 6.07) is 8.21. The number of quaternary nitrogens is 1. The lowest BCUT2D eigenvalue weighted by atomic mass is 9.90. The number of methoxy groups -OCH3 is 1.